The van der Waals surface area contributed by atoms with E-state index in [1.165, 1.54) is 12.1 Å². The van der Waals surface area contributed by atoms with E-state index in [1.54, 1.807) is 6.07 Å². The van der Waals surface area contributed by atoms with E-state index in [4.69, 9.17) is 4.74 Å². The van der Waals surface area contributed by atoms with Crippen LogP contribution in [0.15, 0.2) is 39.6 Å². The van der Waals surface area contributed by atoms with E-state index in [2.05, 4.69) is 38.8 Å². The highest BCUT2D eigenvalue weighted by Crippen LogP contribution is 2.31. The van der Waals surface area contributed by atoms with Crippen LogP contribution in [0.4, 0.5) is 39.4 Å². The highest BCUT2D eigenvalue weighted by molar-refractivity contribution is 9.10. The summed E-state index contributed by atoms with van der Waals surface area (Å²) in [6, 6.07) is 6.19. The molecule has 1 aliphatic rings. The van der Waals surface area contributed by atoms with Crippen molar-refractivity contribution in [3.8, 4) is 0 Å². The number of amides is 1. The molecule has 6 nitrogen and oxygen atoms in total. The predicted molar refractivity (Wildman–Crippen MR) is 128 cm³/mol. The van der Waals surface area contributed by atoms with E-state index in [1.807, 2.05) is 13.8 Å². The van der Waals surface area contributed by atoms with E-state index in [-0.39, 0.29) is 30.4 Å². The highest BCUT2D eigenvalue weighted by Gasteiger charge is 2.33. The Bertz CT molecular complexity index is 1160. The van der Waals surface area contributed by atoms with Gasteiger partial charge in [0.05, 0.1) is 24.5 Å². The zero-order chi connectivity index (χ0) is 25.2. The number of benzene rings is 1. The molecule has 0 bridgehead atoms. The maximum Gasteiger partial charge on any atom is 0.414 e. The van der Waals surface area contributed by atoms with Gasteiger partial charge < -0.3 is 15.4 Å². The smallest absolute Gasteiger partial charge is 0.414 e. The fourth-order valence-electron chi connectivity index (χ4n) is 3.27. The summed E-state index contributed by atoms with van der Waals surface area (Å²) in [7, 11) is 0. The fourth-order valence-corrected chi connectivity index (χ4v) is 4.06. The van der Waals surface area contributed by atoms with Crippen molar-refractivity contribution in [3.05, 3.63) is 62.2 Å². The van der Waals surface area contributed by atoms with Crippen molar-refractivity contribution in [1.29, 1.82) is 0 Å². The molecule has 12 heteroatoms. The van der Waals surface area contributed by atoms with Gasteiger partial charge in [-0.1, -0.05) is 42.0 Å². The average molecular weight is 562 g/mol. The minimum Gasteiger partial charge on any atom is -0.442 e. The number of thiocarbonyl (C=S) groups is 1. The second-order valence-electron chi connectivity index (χ2n) is 7.79. The second-order valence-corrected chi connectivity index (χ2v) is 9.08. The lowest BCUT2D eigenvalue weighted by Gasteiger charge is -2.16. The van der Waals surface area contributed by atoms with Crippen LogP contribution in [-0.2, 0) is 4.74 Å². The Kier molecular flexibility index (Phi) is 8.13. The number of alkyl halides is 2. The number of nitrogens with one attached hydrogen (secondary N) is 2. The normalized spacial score (nSPS) is 15.6. The van der Waals surface area contributed by atoms with Gasteiger partial charge in [0.25, 0.3) is 6.43 Å². The molecule has 0 radical (unpaired) electrons. The van der Waals surface area contributed by atoms with Crippen LogP contribution in [0.1, 0.15) is 25.3 Å². The fraction of sp³-hybridized carbons (Fsp3) is 0.318. The van der Waals surface area contributed by atoms with Gasteiger partial charge >= 0.3 is 6.09 Å². The topological polar surface area (TPSA) is 70.7 Å². The highest BCUT2D eigenvalue weighted by atomic mass is 79.9. The van der Waals surface area contributed by atoms with Gasteiger partial charge in [-0.25, -0.2) is 22.4 Å². The van der Waals surface area contributed by atoms with Crippen molar-refractivity contribution < 1.29 is 27.1 Å². The van der Waals surface area contributed by atoms with Crippen LogP contribution in [0.5, 0.6) is 0 Å². The Labute approximate surface area is 206 Å². The standard InChI is InChI=1S/C22H20BrF4N3O3S/c1-10(2)13-7-17(18(31)4-3-14(13)23)29-19-15(24)5-11(6-16(19)25)30-9-12(33-22(30)32)8-28-21(34)20(26)27/h3-7,10,12,20H,8-9H2,1-2H3,(H,28,34)(H,29,31)/t12-/m0/s1. The van der Waals surface area contributed by atoms with Crippen molar-refractivity contribution in [1.82, 2.24) is 5.32 Å². The molecule has 1 heterocycles. The number of halogens is 5. The van der Waals surface area contributed by atoms with Crippen molar-refractivity contribution in [2.45, 2.75) is 32.3 Å². The molecule has 3 rings (SSSR count). The largest absolute Gasteiger partial charge is 0.442 e. The van der Waals surface area contributed by atoms with Gasteiger partial charge in [0, 0.05) is 16.6 Å². The summed E-state index contributed by atoms with van der Waals surface area (Å²) in [6.07, 6.45) is -4.60. The van der Waals surface area contributed by atoms with E-state index in [0.29, 0.717) is 4.47 Å². The van der Waals surface area contributed by atoms with Crippen LogP contribution in [0.25, 0.3) is 0 Å². The number of nitrogens with zero attached hydrogens (tertiary/aromatic N) is 1. The minimum atomic E-state index is -2.86. The molecule has 1 saturated heterocycles. The van der Waals surface area contributed by atoms with Gasteiger partial charge in [0.2, 0.25) is 5.43 Å². The Morgan fingerprint density at radius 1 is 1.21 bits per heavy atom. The van der Waals surface area contributed by atoms with Crippen LogP contribution in [0.3, 0.4) is 0 Å². The Morgan fingerprint density at radius 2 is 1.85 bits per heavy atom. The number of anilines is 3. The number of cyclic esters (lactones) is 1. The minimum absolute atomic E-state index is 0.0254. The third-order valence-corrected chi connectivity index (χ3v) is 6.06. The third-order valence-electron chi connectivity index (χ3n) is 5.02. The zero-order valence-electron chi connectivity index (χ0n) is 18.0. The number of carbonyl (C=O) groups excluding carboxylic acids is 1. The molecule has 1 atom stereocenters. The molecule has 0 saturated carbocycles. The van der Waals surface area contributed by atoms with Gasteiger partial charge in [0.1, 0.15) is 16.8 Å². The second kappa shape index (κ2) is 10.7. The van der Waals surface area contributed by atoms with Crippen LogP contribution >= 0.6 is 28.1 Å². The van der Waals surface area contributed by atoms with Crippen molar-refractivity contribution in [2.24, 2.45) is 0 Å². The quantitative estimate of drug-likeness (QED) is 0.345. The molecular formula is C22H20BrF4N3O3S. The van der Waals surface area contributed by atoms with Crippen molar-refractivity contribution in [2.75, 3.05) is 23.3 Å². The maximum atomic E-state index is 14.9. The van der Waals surface area contributed by atoms with Crippen LogP contribution in [0, 0.1) is 11.6 Å². The molecule has 0 spiro atoms. The molecule has 2 N–H and O–H groups in total. The molecule has 0 aromatic heterocycles. The molecule has 34 heavy (non-hydrogen) atoms. The van der Waals surface area contributed by atoms with Gasteiger partial charge in [-0.3, -0.25) is 9.69 Å². The lowest BCUT2D eigenvalue weighted by molar-refractivity contribution is 0.142. The number of hydrogen-bond donors (Lipinski definition) is 2. The number of rotatable bonds is 7. The molecule has 2 aromatic carbocycles. The molecule has 0 aliphatic carbocycles. The van der Waals surface area contributed by atoms with E-state index in [9.17, 15) is 27.2 Å². The van der Waals surface area contributed by atoms with Gasteiger partial charge in [-0.05, 0) is 29.7 Å². The third kappa shape index (κ3) is 5.84. The Hall–Kier alpha value is -2.73. The number of hydrogen-bond acceptors (Lipinski definition) is 5. The number of ether oxygens (including phenoxy) is 1. The van der Waals surface area contributed by atoms with Crippen molar-refractivity contribution in [3.63, 3.8) is 0 Å². The predicted octanol–water partition coefficient (Wildman–Crippen LogP) is 5.46. The molecule has 2 aromatic rings. The van der Waals surface area contributed by atoms with Gasteiger partial charge in [-0.2, -0.15) is 0 Å². The molecule has 0 unspecified atom stereocenters. The monoisotopic (exact) mass is 561 g/mol. The molecule has 1 aliphatic heterocycles. The summed E-state index contributed by atoms with van der Waals surface area (Å²) < 4.78 is 60.5. The Morgan fingerprint density at radius 3 is 2.44 bits per heavy atom. The van der Waals surface area contributed by atoms with E-state index < -0.39 is 46.4 Å². The SMILES string of the molecule is CC(C)c1cc(Nc2c(F)cc(N3C[C@H](CNC(=S)C(F)F)OC3=O)cc2F)c(=O)ccc1Br. The first-order chi connectivity index (χ1) is 16.0. The average Bonchev–Trinajstić information content (AvgIpc) is 3.07. The summed E-state index contributed by atoms with van der Waals surface area (Å²) in [5, 5.41) is 4.81. The summed E-state index contributed by atoms with van der Waals surface area (Å²) in [4.78, 5) is 24.9. The molecule has 182 valence electrons. The van der Waals surface area contributed by atoms with Crippen molar-refractivity contribution >= 4 is 56.3 Å². The summed E-state index contributed by atoms with van der Waals surface area (Å²) in [5.74, 6) is -2.06. The first-order valence-electron chi connectivity index (χ1n) is 10.1. The lowest BCUT2D eigenvalue weighted by Crippen LogP contribution is -2.36. The zero-order valence-corrected chi connectivity index (χ0v) is 20.4. The first kappa shape index (κ1) is 25.9. The Balaban J connectivity index is 1.83. The van der Waals surface area contributed by atoms with Gasteiger partial charge in [-0.15, -0.1) is 0 Å². The van der Waals surface area contributed by atoms with Crippen LogP contribution in [-0.4, -0.2) is 36.7 Å². The lowest BCUT2D eigenvalue weighted by atomic mass is 10.1. The van der Waals surface area contributed by atoms with E-state index in [0.717, 1.165) is 22.6 Å². The summed E-state index contributed by atoms with van der Waals surface area (Å²) >= 11 is 7.85. The number of carbonyl (C=O) groups is 1. The molecule has 1 amide bonds. The molecule has 1 fully saturated rings. The van der Waals surface area contributed by atoms with Gasteiger partial charge in [0.15, 0.2) is 11.6 Å². The molecular weight excluding hydrogens is 542 g/mol. The van der Waals surface area contributed by atoms with E-state index >= 15 is 0 Å². The summed E-state index contributed by atoms with van der Waals surface area (Å²) in [6.45, 7) is 3.50. The van der Waals surface area contributed by atoms with Crippen LogP contribution < -0.4 is 21.0 Å². The first-order valence-corrected chi connectivity index (χ1v) is 11.3. The van der Waals surface area contributed by atoms with Crippen LogP contribution in [0.2, 0.25) is 0 Å². The summed E-state index contributed by atoms with van der Waals surface area (Å²) in [5.41, 5.74) is -0.438. The maximum absolute atomic E-state index is 14.9.